The molecule has 1 saturated heterocycles. The van der Waals surface area contributed by atoms with Gasteiger partial charge in [0, 0.05) is 45.5 Å². The SMILES string of the molecule is CCn1cncc1CNc1cc(C(=O)OC)ccc1NC(=O)CN1CCN(Cc2cccc(COc3ccc(C#N)cc3F)n2)CC1. The number of carbonyl (C=O) groups is 2. The molecule has 47 heavy (non-hydrogen) atoms. The molecular formula is C34H37FN8O4. The van der Waals surface area contributed by atoms with Gasteiger partial charge in [0.1, 0.15) is 6.61 Å². The predicted octanol–water partition coefficient (Wildman–Crippen LogP) is 4.04. The molecule has 0 bridgehead atoms. The lowest BCUT2D eigenvalue weighted by atomic mass is 10.1. The number of halogens is 1. The number of hydrogen-bond acceptors (Lipinski definition) is 10. The van der Waals surface area contributed by atoms with Gasteiger partial charge in [0.15, 0.2) is 11.6 Å². The van der Waals surface area contributed by atoms with E-state index >= 15 is 0 Å². The molecule has 0 atom stereocenters. The van der Waals surface area contributed by atoms with Crippen LogP contribution in [0.15, 0.2) is 67.1 Å². The number of aromatic nitrogens is 3. The second-order valence-electron chi connectivity index (χ2n) is 11.0. The van der Waals surface area contributed by atoms with Crippen LogP contribution in [0.1, 0.15) is 39.9 Å². The van der Waals surface area contributed by atoms with Gasteiger partial charge in [-0.3, -0.25) is 19.6 Å². The van der Waals surface area contributed by atoms with E-state index < -0.39 is 11.8 Å². The van der Waals surface area contributed by atoms with Crippen molar-refractivity contribution in [3.8, 4) is 11.8 Å². The third kappa shape index (κ3) is 8.90. The number of pyridine rings is 1. The summed E-state index contributed by atoms with van der Waals surface area (Å²) in [7, 11) is 1.33. The molecule has 0 aliphatic carbocycles. The highest BCUT2D eigenvalue weighted by molar-refractivity contribution is 5.98. The van der Waals surface area contributed by atoms with E-state index in [2.05, 4.69) is 30.4 Å². The van der Waals surface area contributed by atoms with Gasteiger partial charge < -0.3 is 24.7 Å². The first-order valence-electron chi connectivity index (χ1n) is 15.3. The van der Waals surface area contributed by atoms with E-state index in [-0.39, 0.29) is 30.4 Å². The number of carbonyl (C=O) groups excluding carboxylic acids is 2. The second kappa shape index (κ2) is 15.8. The smallest absolute Gasteiger partial charge is 0.337 e. The number of hydrogen-bond donors (Lipinski definition) is 2. The van der Waals surface area contributed by atoms with Crippen LogP contribution in [0, 0.1) is 17.1 Å². The Kier molecular flexibility index (Phi) is 11.1. The van der Waals surface area contributed by atoms with Gasteiger partial charge in [-0.1, -0.05) is 6.07 Å². The summed E-state index contributed by atoms with van der Waals surface area (Å²) < 4.78 is 26.7. The number of piperazine rings is 1. The number of aryl methyl sites for hydroxylation is 1. The summed E-state index contributed by atoms with van der Waals surface area (Å²) in [5, 5.41) is 15.2. The molecular weight excluding hydrogens is 603 g/mol. The first kappa shape index (κ1) is 33.1. The maximum Gasteiger partial charge on any atom is 0.337 e. The molecule has 244 valence electrons. The Morgan fingerprint density at radius 1 is 1.02 bits per heavy atom. The largest absolute Gasteiger partial charge is 0.484 e. The zero-order valence-electron chi connectivity index (χ0n) is 26.4. The zero-order chi connectivity index (χ0) is 33.2. The number of methoxy groups -OCH3 is 1. The first-order chi connectivity index (χ1) is 22.8. The molecule has 13 heteroatoms. The van der Waals surface area contributed by atoms with E-state index in [4.69, 9.17) is 14.7 Å². The molecule has 2 aromatic carbocycles. The van der Waals surface area contributed by atoms with Crippen molar-refractivity contribution in [1.82, 2.24) is 24.3 Å². The molecule has 1 aliphatic rings. The number of nitrogens with zero attached hydrogens (tertiary/aromatic N) is 6. The maximum atomic E-state index is 14.2. The number of rotatable bonds is 13. The summed E-state index contributed by atoms with van der Waals surface area (Å²) in [6, 6.07) is 16.7. The van der Waals surface area contributed by atoms with Crippen molar-refractivity contribution in [2.45, 2.75) is 33.2 Å². The van der Waals surface area contributed by atoms with E-state index in [1.54, 1.807) is 30.7 Å². The molecule has 12 nitrogen and oxygen atoms in total. The van der Waals surface area contributed by atoms with Gasteiger partial charge in [-0.05, 0) is 55.5 Å². The first-order valence-corrected chi connectivity index (χ1v) is 15.3. The highest BCUT2D eigenvalue weighted by atomic mass is 19.1. The summed E-state index contributed by atoms with van der Waals surface area (Å²) >= 11 is 0. The number of anilines is 2. The van der Waals surface area contributed by atoms with Crippen LogP contribution in [0.25, 0.3) is 0 Å². The molecule has 5 rings (SSSR count). The van der Waals surface area contributed by atoms with Crippen molar-refractivity contribution in [1.29, 1.82) is 5.26 Å². The third-order valence-corrected chi connectivity index (χ3v) is 7.83. The van der Waals surface area contributed by atoms with E-state index in [0.717, 1.165) is 37.1 Å². The lowest BCUT2D eigenvalue weighted by molar-refractivity contribution is -0.117. The third-order valence-electron chi connectivity index (χ3n) is 7.83. The van der Waals surface area contributed by atoms with Crippen LogP contribution < -0.4 is 15.4 Å². The van der Waals surface area contributed by atoms with Gasteiger partial charge in [-0.25, -0.2) is 14.2 Å². The molecule has 2 N–H and O–H groups in total. The van der Waals surface area contributed by atoms with Crippen molar-refractivity contribution < 1.29 is 23.5 Å². The van der Waals surface area contributed by atoms with Crippen molar-refractivity contribution in [3.63, 3.8) is 0 Å². The Morgan fingerprint density at radius 2 is 1.81 bits per heavy atom. The topological polar surface area (TPSA) is 138 Å². The van der Waals surface area contributed by atoms with Gasteiger partial charge in [0.05, 0.1) is 72.2 Å². The summed E-state index contributed by atoms with van der Waals surface area (Å²) in [6.45, 7) is 7.18. The summed E-state index contributed by atoms with van der Waals surface area (Å²) in [4.78, 5) is 38.5. The maximum absolute atomic E-state index is 14.2. The highest BCUT2D eigenvalue weighted by Crippen LogP contribution is 2.25. The molecule has 0 saturated carbocycles. The standard InChI is InChI=1S/C34H37FN8O4/c1-3-43-23-37-18-28(43)19-38-31-16-25(34(45)46-2)8-9-30(31)40-33(44)21-42-13-11-41(12-14-42)20-26-5-4-6-27(39-26)22-47-32-10-7-24(17-36)15-29(32)35/h4-10,15-16,18,23,38H,3,11-14,19-22H2,1-2H3,(H,40,44). The van der Waals surface area contributed by atoms with Gasteiger partial charge >= 0.3 is 5.97 Å². The molecule has 4 aromatic rings. The molecule has 3 heterocycles. The Morgan fingerprint density at radius 3 is 2.55 bits per heavy atom. The fraction of sp³-hybridized carbons (Fsp3) is 0.324. The Bertz CT molecular complexity index is 1750. The molecule has 1 fully saturated rings. The van der Waals surface area contributed by atoms with E-state index in [0.29, 0.717) is 48.8 Å². The summed E-state index contributed by atoms with van der Waals surface area (Å²) in [5.74, 6) is -1.13. The van der Waals surface area contributed by atoms with Crippen molar-refractivity contribution >= 4 is 23.3 Å². The molecule has 2 aromatic heterocycles. The monoisotopic (exact) mass is 640 g/mol. The van der Waals surface area contributed by atoms with Gasteiger partial charge in [0.2, 0.25) is 5.91 Å². The van der Waals surface area contributed by atoms with Crippen molar-refractivity contribution in [2.75, 3.05) is 50.5 Å². The quantitative estimate of drug-likeness (QED) is 0.206. The number of amides is 1. The van der Waals surface area contributed by atoms with Crippen LogP contribution in [-0.2, 0) is 35.8 Å². The lowest BCUT2D eigenvalue weighted by Crippen LogP contribution is -2.48. The van der Waals surface area contributed by atoms with Crippen LogP contribution >= 0.6 is 0 Å². The molecule has 0 spiro atoms. The minimum absolute atomic E-state index is 0.0715. The van der Waals surface area contributed by atoms with Crippen LogP contribution in [0.5, 0.6) is 5.75 Å². The van der Waals surface area contributed by atoms with Gasteiger partial charge in [-0.2, -0.15) is 5.26 Å². The number of ether oxygens (including phenoxy) is 2. The van der Waals surface area contributed by atoms with E-state index in [9.17, 15) is 14.0 Å². The molecule has 0 radical (unpaired) electrons. The summed E-state index contributed by atoms with van der Waals surface area (Å²) in [5.41, 5.74) is 4.30. The van der Waals surface area contributed by atoms with Crippen LogP contribution in [0.3, 0.4) is 0 Å². The molecule has 0 unspecified atom stereocenters. The fourth-order valence-electron chi connectivity index (χ4n) is 5.27. The normalized spacial score (nSPS) is 13.5. The highest BCUT2D eigenvalue weighted by Gasteiger charge is 2.21. The second-order valence-corrected chi connectivity index (χ2v) is 11.0. The summed E-state index contributed by atoms with van der Waals surface area (Å²) in [6.07, 6.45) is 3.54. The van der Waals surface area contributed by atoms with Crippen LogP contribution in [0.4, 0.5) is 15.8 Å². The lowest BCUT2D eigenvalue weighted by Gasteiger charge is -2.34. The minimum Gasteiger partial charge on any atom is -0.484 e. The van der Waals surface area contributed by atoms with Gasteiger partial charge in [0.25, 0.3) is 0 Å². The number of nitrogens with one attached hydrogen (secondary N) is 2. The predicted molar refractivity (Wildman–Crippen MR) is 173 cm³/mol. The number of benzene rings is 2. The Labute approximate surface area is 272 Å². The van der Waals surface area contributed by atoms with Crippen molar-refractivity contribution in [3.05, 3.63) is 101 Å². The zero-order valence-corrected chi connectivity index (χ0v) is 26.4. The Balaban J connectivity index is 1.12. The molecule has 1 amide bonds. The van der Waals surface area contributed by atoms with Crippen molar-refractivity contribution in [2.24, 2.45) is 0 Å². The molecule has 1 aliphatic heterocycles. The van der Waals surface area contributed by atoms with Crippen LogP contribution in [-0.4, -0.2) is 76.0 Å². The minimum atomic E-state index is -0.587. The number of imidazole rings is 1. The van der Waals surface area contributed by atoms with Crippen LogP contribution in [0.2, 0.25) is 0 Å². The van der Waals surface area contributed by atoms with Gasteiger partial charge in [-0.15, -0.1) is 0 Å². The number of esters is 1. The average Bonchev–Trinajstić information content (AvgIpc) is 3.55. The number of nitriles is 1. The van der Waals surface area contributed by atoms with E-state index in [1.165, 1.54) is 19.2 Å². The fourth-order valence-corrected chi connectivity index (χ4v) is 5.27. The Hall–Kier alpha value is -5.32. The van der Waals surface area contributed by atoms with E-state index in [1.807, 2.05) is 35.8 Å². The average molecular weight is 641 g/mol.